The molecule has 1 saturated carbocycles. The van der Waals surface area contributed by atoms with Gasteiger partial charge in [-0.2, -0.15) is 0 Å². The van der Waals surface area contributed by atoms with Crippen molar-refractivity contribution < 1.29 is 14.3 Å². The van der Waals surface area contributed by atoms with Gasteiger partial charge in [-0.05, 0) is 12.8 Å². The topological polar surface area (TPSA) is 93.4 Å². The van der Waals surface area contributed by atoms with Crippen LogP contribution in [0.25, 0.3) is 0 Å². The molecular weight excluding hydrogens is 210 g/mol. The number of hydrogen-bond acceptors (Lipinski definition) is 4. The maximum Gasteiger partial charge on any atom is 0.246 e. The van der Waals surface area contributed by atoms with Crippen molar-refractivity contribution in [2.45, 2.75) is 25.3 Å². The molecular formula is C10H19N3O3. The summed E-state index contributed by atoms with van der Waals surface area (Å²) in [4.78, 5) is 22.4. The summed E-state index contributed by atoms with van der Waals surface area (Å²) in [6.07, 6.45) is 2.47. The molecule has 16 heavy (non-hydrogen) atoms. The smallest absolute Gasteiger partial charge is 0.246 e. The summed E-state index contributed by atoms with van der Waals surface area (Å²) in [5.41, 5.74) is 5.20. The lowest BCUT2D eigenvalue weighted by molar-refractivity contribution is -0.125. The molecule has 6 nitrogen and oxygen atoms in total. The summed E-state index contributed by atoms with van der Waals surface area (Å²) in [5, 5.41) is 5.44. The molecule has 2 amide bonds. The number of rotatable bonds is 8. The van der Waals surface area contributed by atoms with Gasteiger partial charge in [-0.15, -0.1) is 0 Å². The summed E-state index contributed by atoms with van der Waals surface area (Å²) >= 11 is 0. The fourth-order valence-corrected chi connectivity index (χ4v) is 1.14. The van der Waals surface area contributed by atoms with E-state index in [1.54, 1.807) is 0 Å². The summed E-state index contributed by atoms with van der Waals surface area (Å²) in [5.74, 6) is -0.224. The first-order valence-electron chi connectivity index (χ1n) is 5.56. The Labute approximate surface area is 94.9 Å². The molecule has 4 N–H and O–H groups in total. The van der Waals surface area contributed by atoms with Gasteiger partial charge in [-0.1, -0.05) is 0 Å². The summed E-state index contributed by atoms with van der Waals surface area (Å²) in [6, 6.07) is 0.371. The first kappa shape index (κ1) is 12.9. The highest BCUT2D eigenvalue weighted by atomic mass is 16.5. The minimum atomic E-state index is -0.215. The van der Waals surface area contributed by atoms with E-state index >= 15 is 0 Å². The van der Waals surface area contributed by atoms with Crippen molar-refractivity contribution in [3.05, 3.63) is 0 Å². The average molecular weight is 229 g/mol. The number of amides is 2. The van der Waals surface area contributed by atoms with Gasteiger partial charge >= 0.3 is 0 Å². The van der Waals surface area contributed by atoms with E-state index in [1.165, 1.54) is 0 Å². The van der Waals surface area contributed by atoms with E-state index in [9.17, 15) is 9.59 Å². The van der Waals surface area contributed by atoms with Crippen LogP contribution in [0.1, 0.15) is 19.3 Å². The molecule has 0 radical (unpaired) electrons. The Morgan fingerprint density at radius 1 is 1.31 bits per heavy atom. The highest BCUT2D eigenvalue weighted by molar-refractivity contribution is 5.79. The minimum absolute atomic E-state index is 0.00143. The number of ether oxygens (including phenoxy) is 1. The largest absolute Gasteiger partial charge is 0.370 e. The Morgan fingerprint density at radius 2 is 2.06 bits per heavy atom. The van der Waals surface area contributed by atoms with Gasteiger partial charge in [-0.25, -0.2) is 0 Å². The van der Waals surface area contributed by atoms with E-state index in [-0.39, 0.29) is 18.4 Å². The maximum atomic E-state index is 11.2. The monoisotopic (exact) mass is 229 g/mol. The quantitative estimate of drug-likeness (QED) is 0.453. The second-order valence-corrected chi connectivity index (χ2v) is 3.78. The molecule has 0 atom stereocenters. The van der Waals surface area contributed by atoms with Crippen LogP contribution in [0.3, 0.4) is 0 Å². The standard InChI is InChI=1S/C10H19N3O3/c11-4-6-16-7-10(15)12-5-3-9(14)13-8-1-2-8/h8H,1-7,11H2,(H,12,15)(H,13,14). The van der Waals surface area contributed by atoms with Crippen molar-refractivity contribution in [3.63, 3.8) is 0 Å². The van der Waals surface area contributed by atoms with Gasteiger partial charge in [0.15, 0.2) is 0 Å². The van der Waals surface area contributed by atoms with Crippen molar-refractivity contribution in [2.24, 2.45) is 5.73 Å². The van der Waals surface area contributed by atoms with E-state index in [1.807, 2.05) is 0 Å². The molecule has 1 aliphatic rings. The Kier molecular flexibility index (Phi) is 5.81. The van der Waals surface area contributed by atoms with E-state index in [2.05, 4.69) is 10.6 Å². The first-order valence-corrected chi connectivity index (χ1v) is 5.56. The van der Waals surface area contributed by atoms with Crippen LogP contribution in [0.2, 0.25) is 0 Å². The van der Waals surface area contributed by atoms with Crippen molar-refractivity contribution in [1.82, 2.24) is 10.6 Å². The molecule has 1 fully saturated rings. The van der Waals surface area contributed by atoms with E-state index in [4.69, 9.17) is 10.5 Å². The average Bonchev–Trinajstić information content (AvgIpc) is 3.02. The molecule has 0 spiro atoms. The van der Waals surface area contributed by atoms with Gasteiger partial charge in [0.25, 0.3) is 0 Å². The highest BCUT2D eigenvalue weighted by Crippen LogP contribution is 2.18. The molecule has 0 aromatic heterocycles. The van der Waals surface area contributed by atoms with Crippen molar-refractivity contribution in [1.29, 1.82) is 0 Å². The van der Waals surface area contributed by atoms with Crippen LogP contribution in [0, 0.1) is 0 Å². The number of hydrogen-bond donors (Lipinski definition) is 3. The molecule has 1 aliphatic carbocycles. The Bertz CT molecular complexity index is 241. The lowest BCUT2D eigenvalue weighted by atomic mass is 10.4. The number of nitrogens with two attached hydrogens (primary N) is 1. The van der Waals surface area contributed by atoms with Gasteiger partial charge in [0.1, 0.15) is 6.61 Å². The third kappa shape index (κ3) is 6.36. The molecule has 0 unspecified atom stereocenters. The van der Waals surface area contributed by atoms with Crippen LogP contribution >= 0.6 is 0 Å². The zero-order valence-corrected chi connectivity index (χ0v) is 9.33. The van der Waals surface area contributed by atoms with Crippen molar-refractivity contribution in [2.75, 3.05) is 26.3 Å². The molecule has 0 heterocycles. The van der Waals surface area contributed by atoms with Crippen molar-refractivity contribution >= 4 is 11.8 Å². The second kappa shape index (κ2) is 7.19. The van der Waals surface area contributed by atoms with E-state index < -0.39 is 0 Å². The number of nitrogens with one attached hydrogen (secondary N) is 2. The molecule has 92 valence electrons. The van der Waals surface area contributed by atoms with E-state index in [0.717, 1.165) is 12.8 Å². The summed E-state index contributed by atoms with van der Waals surface area (Å²) in [7, 11) is 0. The Balaban J connectivity index is 1.92. The van der Waals surface area contributed by atoms with Gasteiger partial charge < -0.3 is 21.1 Å². The minimum Gasteiger partial charge on any atom is -0.370 e. The zero-order chi connectivity index (χ0) is 11.8. The number of carbonyl (C=O) groups is 2. The molecule has 0 aliphatic heterocycles. The van der Waals surface area contributed by atoms with Crippen LogP contribution in [-0.4, -0.2) is 44.2 Å². The summed E-state index contributed by atoms with van der Waals surface area (Å²) in [6.45, 7) is 1.12. The summed E-state index contributed by atoms with van der Waals surface area (Å²) < 4.78 is 4.94. The fraction of sp³-hybridized carbons (Fsp3) is 0.800. The van der Waals surface area contributed by atoms with Gasteiger partial charge in [0.2, 0.25) is 11.8 Å². The van der Waals surface area contributed by atoms with Crippen LogP contribution in [0.4, 0.5) is 0 Å². The van der Waals surface area contributed by atoms with Gasteiger partial charge in [0.05, 0.1) is 6.61 Å². The molecule has 0 aromatic rings. The normalized spacial score (nSPS) is 14.6. The maximum absolute atomic E-state index is 11.2. The lowest BCUT2D eigenvalue weighted by Gasteiger charge is -2.06. The zero-order valence-electron chi connectivity index (χ0n) is 9.33. The second-order valence-electron chi connectivity index (χ2n) is 3.78. The Morgan fingerprint density at radius 3 is 2.69 bits per heavy atom. The first-order chi connectivity index (χ1) is 7.72. The van der Waals surface area contributed by atoms with Crippen LogP contribution in [-0.2, 0) is 14.3 Å². The Hall–Kier alpha value is -1.14. The third-order valence-corrected chi connectivity index (χ3v) is 2.11. The van der Waals surface area contributed by atoms with Gasteiger partial charge in [0, 0.05) is 25.6 Å². The number of carbonyl (C=O) groups excluding carboxylic acids is 2. The third-order valence-electron chi connectivity index (χ3n) is 2.11. The predicted molar refractivity (Wildman–Crippen MR) is 58.7 cm³/mol. The van der Waals surface area contributed by atoms with Crippen LogP contribution in [0.5, 0.6) is 0 Å². The molecule has 1 rings (SSSR count). The molecule has 0 aromatic carbocycles. The molecule has 0 saturated heterocycles. The van der Waals surface area contributed by atoms with Gasteiger partial charge in [-0.3, -0.25) is 9.59 Å². The lowest BCUT2D eigenvalue weighted by Crippen LogP contribution is -2.33. The molecule has 6 heteroatoms. The van der Waals surface area contributed by atoms with Crippen LogP contribution < -0.4 is 16.4 Å². The fourth-order valence-electron chi connectivity index (χ4n) is 1.14. The predicted octanol–water partition coefficient (Wildman–Crippen LogP) is -1.25. The van der Waals surface area contributed by atoms with Crippen molar-refractivity contribution in [3.8, 4) is 0 Å². The highest BCUT2D eigenvalue weighted by Gasteiger charge is 2.22. The SMILES string of the molecule is NCCOCC(=O)NCCC(=O)NC1CC1. The molecule has 0 bridgehead atoms. The van der Waals surface area contributed by atoms with E-state index in [0.29, 0.717) is 32.2 Å². The van der Waals surface area contributed by atoms with Crippen LogP contribution in [0.15, 0.2) is 0 Å².